The Bertz CT molecular complexity index is 2040. The van der Waals surface area contributed by atoms with E-state index in [1.807, 2.05) is 0 Å². The van der Waals surface area contributed by atoms with Crippen LogP contribution in [0.3, 0.4) is 0 Å². The summed E-state index contributed by atoms with van der Waals surface area (Å²) in [7, 11) is 11.1. The van der Waals surface area contributed by atoms with Gasteiger partial charge in [-0.25, -0.2) is 0 Å². The van der Waals surface area contributed by atoms with Crippen LogP contribution in [0.15, 0.2) is 109 Å². The van der Waals surface area contributed by atoms with E-state index in [0.717, 1.165) is 12.8 Å². The molecule has 0 saturated carbocycles. The van der Waals surface area contributed by atoms with Gasteiger partial charge in [-0.2, -0.15) is 12.1 Å². The minimum absolute atomic E-state index is 0.110. The first kappa shape index (κ1) is 48.9. The third-order valence-electron chi connectivity index (χ3n) is 10.00. The molecule has 0 aliphatic rings. The van der Waals surface area contributed by atoms with E-state index >= 15 is 0 Å². The van der Waals surface area contributed by atoms with Gasteiger partial charge in [-0.05, 0) is 45.9 Å². The van der Waals surface area contributed by atoms with Gasteiger partial charge in [-0.15, -0.1) is 69.1 Å². The second-order valence-electron chi connectivity index (χ2n) is 16.5. The number of amides is 2. The second kappa shape index (κ2) is 24.0. The molecule has 0 spiro atoms. The van der Waals surface area contributed by atoms with Gasteiger partial charge in [0.25, 0.3) is 0 Å². The van der Waals surface area contributed by atoms with Gasteiger partial charge >= 0.3 is 45.4 Å². The standard InChI is InChI=1S/2C22H25.C6H12BN2O2.2ClH.Zr/c2*1-5-9-16-10-6-7-12-19(16)20-13-8-11-17-14-18(15-21(17)20)22(2,3)4;1-3-5(10)8-7-9-6(11)4-2;;;/h2*6-8,10-15H,5,9H2,1-4H3;3-4H2,1-2H3,(H,8,10)(H,9,11);2*1H;/q2*-1;;;;+4/p-2. The molecule has 2 N–H and O–H groups in total. The van der Waals surface area contributed by atoms with Crippen LogP contribution in [0.1, 0.15) is 117 Å². The van der Waals surface area contributed by atoms with E-state index < -0.39 is 20.8 Å². The molecule has 0 bridgehead atoms. The molecule has 1 radical (unpaired) electrons. The molecule has 305 valence electrons. The molecule has 58 heavy (non-hydrogen) atoms. The summed E-state index contributed by atoms with van der Waals surface area (Å²) in [5.74, 6) is -0.220. The summed E-state index contributed by atoms with van der Waals surface area (Å²) in [6, 6.07) is 40.5. The Kier molecular flexibility index (Phi) is 20.2. The summed E-state index contributed by atoms with van der Waals surface area (Å²) >= 11 is -0.826. The van der Waals surface area contributed by atoms with Crippen molar-refractivity contribution in [2.75, 3.05) is 0 Å². The third kappa shape index (κ3) is 14.4. The van der Waals surface area contributed by atoms with Gasteiger partial charge in [0.15, 0.2) is 0 Å². The van der Waals surface area contributed by atoms with E-state index in [0.29, 0.717) is 12.8 Å². The molecule has 4 nitrogen and oxygen atoms in total. The Morgan fingerprint density at radius 3 is 1.24 bits per heavy atom. The van der Waals surface area contributed by atoms with Crippen molar-refractivity contribution in [1.82, 2.24) is 10.5 Å². The molecule has 6 aromatic rings. The fourth-order valence-corrected chi connectivity index (χ4v) is 6.75. The molecule has 6 aromatic carbocycles. The van der Waals surface area contributed by atoms with Gasteiger partial charge < -0.3 is 10.5 Å². The van der Waals surface area contributed by atoms with E-state index in [1.165, 1.54) is 86.4 Å². The molecule has 0 saturated heterocycles. The first-order valence-electron chi connectivity index (χ1n) is 20.6. The number of hydrogen-bond acceptors (Lipinski definition) is 2. The van der Waals surface area contributed by atoms with Crippen LogP contribution in [0.2, 0.25) is 0 Å². The summed E-state index contributed by atoms with van der Waals surface area (Å²) in [5, 5.41) is 10.3. The maximum atomic E-state index is 10.6. The van der Waals surface area contributed by atoms with Gasteiger partial charge in [0.2, 0.25) is 11.8 Å². The summed E-state index contributed by atoms with van der Waals surface area (Å²) in [6.07, 6.45) is 5.47. The maximum absolute atomic E-state index is 10.6. The molecule has 0 aliphatic carbocycles. The van der Waals surface area contributed by atoms with Crippen LogP contribution >= 0.6 is 17.0 Å². The number of carbonyl (C=O) groups is 2. The average Bonchev–Trinajstić information content (AvgIpc) is 3.86. The Morgan fingerprint density at radius 1 is 0.569 bits per heavy atom. The van der Waals surface area contributed by atoms with E-state index in [4.69, 9.17) is 17.0 Å². The Morgan fingerprint density at radius 2 is 0.914 bits per heavy atom. The van der Waals surface area contributed by atoms with Crippen LogP contribution in [0, 0.1) is 0 Å². The molecule has 0 unspecified atom stereocenters. The first-order chi connectivity index (χ1) is 27.6. The first-order valence-corrected chi connectivity index (χ1v) is 26.9. The van der Waals surface area contributed by atoms with Crippen molar-refractivity contribution in [2.45, 2.75) is 119 Å². The Labute approximate surface area is 368 Å². The zero-order valence-corrected chi connectivity index (χ0v) is 40.3. The molecule has 0 aliphatic heterocycles. The number of hydrogen-bond donors (Lipinski definition) is 2. The Hall–Kier alpha value is -3.43. The topological polar surface area (TPSA) is 58.2 Å². The van der Waals surface area contributed by atoms with E-state index in [1.54, 1.807) is 13.8 Å². The van der Waals surface area contributed by atoms with Crippen LogP contribution in [-0.4, -0.2) is 19.4 Å². The predicted octanol–water partition coefficient (Wildman–Crippen LogP) is 13.9. The number of carbonyl (C=O) groups excluding carboxylic acids is 2. The molecule has 2 amide bonds. The zero-order valence-electron chi connectivity index (χ0n) is 36.3. The van der Waals surface area contributed by atoms with Crippen LogP contribution in [0.25, 0.3) is 43.8 Å². The van der Waals surface area contributed by atoms with Crippen molar-refractivity contribution in [3.05, 3.63) is 131 Å². The molecular formula is C50H62BCl2N2O2Zr. The van der Waals surface area contributed by atoms with Crippen molar-refractivity contribution in [3.63, 3.8) is 0 Å². The summed E-state index contributed by atoms with van der Waals surface area (Å²) in [5.41, 5.74) is 11.7. The van der Waals surface area contributed by atoms with E-state index in [9.17, 15) is 9.59 Å². The van der Waals surface area contributed by atoms with E-state index in [2.05, 4.69) is 175 Å². The number of nitrogens with one attached hydrogen (secondary N) is 2. The van der Waals surface area contributed by atoms with Crippen LogP contribution < -0.4 is 10.5 Å². The second-order valence-corrected chi connectivity index (χ2v) is 20.2. The van der Waals surface area contributed by atoms with Crippen molar-refractivity contribution in [1.29, 1.82) is 0 Å². The van der Waals surface area contributed by atoms with Crippen LogP contribution in [0.4, 0.5) is 0 Å². The van der Waals surface area contributed by atoms with Crippen molar-refractivity contribution < 1.29 is 30.4 Å². The summed E-state index contributed by atoms with van der Waals surface area (Å²) in [4.78, 5) is 21.2. The van der Waals surface area contributed by atoms with Gasteiger partial charge in [0.1, 0.15) is 0 Å². The van der Waals surface area contributed by atoms with Gasteiger partial charge in [0.05, 0.1) is 0 Å². The number of fused-ring (bicyclic) bond motifs is 2. The third-order valence-corrected chi connectivity index (χ3v) is 10.00. The fraction of sp³-hybridized carbons (Fsp3) is 0.360. The van der Waals surface area contributed by atoms with Crippen molar-refractivity contribution >= 4 is 57.9 Å². The van der Waals surface area contributed by atoms with Crippen LogP contribution in [0.5, 0.6) is 0 Å². The normalized spacial score (nSPS) is 10.9. The van der Waals surface area contributed by atoms with Crippen molar-refractivity contribution in [2.24, 2.45) is 0 Å². The van der Waals surface area contributed by atoms with Crippen LogP contribution in [-0.2, 0) is 54.1 Å². The number of rotatable bonds is 10. The van der Waals surface area contributed by atoms with Gasteiger partial charge in [0, 0.05) is 12.8 Å². The molecular weight excluding hydrogens is 834 g/mol. The zero-order chi connectivity index (χ0) is 42.9. The molecule has 8 heteroatoms. The van der Waals surface area contributed by atoms with Crippen molar-refractivity contribution in [3.8, 4) is 22.3 Å². The predicted molar refractivity (Wildman–Crippen MR) is 250 cm³/mol. The molecule has 6 rings (SSSR count). The number of aryl methyl sites for hydroxylation is 2. The molecule has 0 fully saturated rings. The fourth-order valence-electron chi connectivity index (χ4n) is 6.75. The minimum atomic E-state index is -0.826. The SMILES string of the molecule is CCC(=O)N[B]NC(=O)CC.CCCc1ccccc1-c1cccc2[cH-]c(C(C)(C)C)cc12.CCCc1ccccc1-c1cccc2[cH-]c(C(C)(C)C)cc12.[Cl][Zr+2][Cl]. The Balaban J connectivity index is 0.000000237. The summed E-state index contributed by atoms with van der Waals surface area (Å²) < 4.78 is 0. The molecule has 0 aromatic heterocycles. The number of halogens is 2. The molecule has 0 heterocycles. The van der Waals surface area contributed by atoms with E-state index in [-0.39, 0.29) is 22.6 Å². The average molecular weight is 896 g/mol. The monoisotopic (exact) mass is 893 g/mol. The quantitative estimate of drug-likeness (QED) is 0.106. The van der Waals surface area contributed by atoms with Gasteiger partial charge in [-0.3, -0.25) is 9.59 Å². The molecule has 0 atom stereocenters. The number of benzene rings is 4. The summed E-state index contributed by atoms with van der Waals surface area (Å²) in [6.45, 7) is 21.7. The van der Waals surface area contributed by atoms with Gasteiger partial charge in [-0.1, -0.05) is 154 Å².